The average molecular weight is 345 g/mol. The molecule has 7 heteroatoms. The van der Waals surface area contributed by atoms with E-state index in [1.807, 2.05) is 44.5 Å². The van der Waals surface area contributed by atoms with Gasteiger partial charge in [-0.2, -0.15) is 0 Å². The van der Waals surface area contributed by atoms with Crippen LogP contribution in [0.4, 0.5) is 0 Å². The SMILES string of the molecule is Cc1cc(-n2c(C)cc(C(=O)C[NH+](C)CC(=O)NC3CC3)c2C)no1. The second kappa shape index (κ2) is 6.84. The van der Waals surface area contributed by atoms with Crippen LogP contribution in [0.25, 0.3) is 5.82 Å². The molecule has 0 saturated heterocycles. The number of hydrogen-bond donors (Lipinski definition) is 2. The summed E-state index contributed by atoms with van der Waals surface area (Å²) in [4.78, 5) is 25.4. The predicted molar refractivity (Wildman–Crippen MR) is 92.2 cm³/mol. The van der Waals surface area contributed by atoms with Crippen molar-refractivity contribution in [2.45, 2.75) is 39.7 Å². The zero-order valence-corrected chi connectivity index (χ0v) is 15.2. The van der Waals surface area contributed by atoms with Crippen LogP contribution in [0.3, 0.4) is 0 Å². The number of nitrogens with zero attached hydrogens (tertiary/aromatic N) is 2. The number of ketones is 1. The molecule has 1 fully saturated rings. The zero-order valence-electron chi connectivity index (χ0n) is 15.2. The van der Waals surface area contributed by atoms with E-state index in [1.54, 1.807) is 0 Å². The van der Waals surface area contributed by atoms with Gasteiger partial charge in [-0.3, -0.25) is 14.2 Å². The number of likely N-dealkylation sites (N-methyl/N-ethyl adjacent to an activating group) is 1. The number of carbonyl (C=O) groups excluding carboxylic acids is 2. The van der Waals surface area contributed by atoms with Gasteiger partial charge < -0.3 is 14.7 Å². The van der Waals surface area contributed by atoms with Crippen molar-refractivity contribution >= 4 is 11.7 Å². The Balaban J connectivity index is 1.68. The zero-order chi connectivity index (χ0) is 18.1. The van der Waals surface area contributed by atoms with Gasteiger partial charge in [0.1, 0.15) is 12.3 Å². The third-order valence-electron chi connectivity index (χ3n) is 4.44. The molecule has 1 aliphatic rings. The lowest BCUT2D eigenvalue weighted by Crippen LogP contribution is -3.11. The normalized spacial score (nSPS) is 15.2. The van der Waals surface area contributed by atoms with E-state index in [2.05, 4.69) is 10.5 Å². The van der Waals surface area contributed by atoms with Crippen LogP contribution in [-0.2, 0) is 4.79 Å². The van der Waals surface area contributed by atoms with Crippen molar-refractivity contribution in [2.24, 2.45) is 0 Å². The van der Waals surface area contributed by atoms with Gasteiger partial charge in [0.15, 0.2) is 12.4 Å². The Kier molecular flexibility index (Phi) is 4.76. The molecule has 1 amide bonds. The van der Waals surface area contributed by atoms with Gasteiger partial charge in [0, 0.05) is 29.1 Å². The van der Waals surface area contributed by atoms with Crippen LogP contribution in [0, 0.1) is 20.8 Å². The van der Waals surface area contributed by atoms with Crippen LogP contribution in [0.5, 0.6) is 0 Å². The maximum Gasteiger partial charge on any atom is 0.275 e. The van der Waals surface area contributed by atoms with Crippen LogP contribution >= 0.6 is 0 Å². The fourth-order valence-electron chi connectivity index (χ4n) is 3.07. The maximum absolute atomic E-state index is 12.7. The van der Waals surface area contributed by atoms with Crippen molar-refractivity contribution in [1.29, 1.82) is 0 Å². The van der Waals surface area contributed by atoms with E-state index in [0.29, 0.717) is 24.0 Å². The fourth-order valence-corrected chi connectivity index (χ4v) is 3.07. The summed E-state index contributed by atoms with van der Waals surface area (Å²) in [6.45, 7) is 6.26. The van der Waals surface area contributed by atoms with Gasteiger partial charge in [-0.05, 0) is 39.7 Å². The topological polar surface area (TPSA) is 81.6 Å². The summed E-state index contributed by atoms with van der Waals surface area (Å²) >= 11 is 0. The largest absolute Gasteiger partial charge is 0.360 e. The smallest absolute Gasteiger partial charge is 0.275 e. The molecular formula is C18H25N4O3+. The summed E-state index contributed by atoms with van der Waals surface area (Å²) in [5, 5.41) is 6.98. The Morgan fingerprint density at radius 1 is 1.28 bits per heavy atom. The van der Waals surface area contributed by atoms with Gasteiger partial charge >= 0.3 is 0 Å². The molecule has 2 heterocycles. The number of amides is 1. The summed E-state index contributed by atoms with van der Waals surface area (Å²) in [5.41, 5.74) is 2.43. The number of carbonyl (C=O) groups is 2. The molecule has 25 heavy (non-hydrogen) atoms. The highest BCUT2D eigenvalue weighted by molar-refractivity contribution is 5.98. The van der Waals surface area contributed by atoms with Gasteiger partial charge in [-0.1, -0.05) is 5.16 Å². The molecule has 0 spiro atoms. The molecule has 7 nitrogen and oxygen atoms in total. The molecule has 2 N–H and O–H groups in total. The maximum atomic E-state index is 12.7. The van der Waals surface area contributed by atoms with E-state index >= 15 is 0 Å². The van der Waals surface area contributed by atoms with E-state index in [9.17, 15) is 9.59 Å². The molecule has 1 atom stereocenters. The number of hydrogen-bond acceptors (Lipinski definition) is 4. The van der Waals surface area contributed by atoms with E-state index in [1.165, 1.54) is 0 Å². The Hall–Kier alpha value is -2.41. The quantitative estimate of drug-likeness (QED) is 0.710. The monoisotopic (exact) mass is 345 g/mol. The highest BCUT2D eigenvalue weighted by atomic mass is 16.5. The molecule has 0 aliphatic heterocycles. The summed E-state index contributed by atoms with van der Waals surface area (Å²) in [6.07, 6.45) is 2.13. The Morgan fingerprint density at radius 3 is 2.60 bits per heavy atom. The molecule has 0 radical (unpaired) electrons. The van der Waals surface area contributed by atoms with Crippen LogP contribution in [0.15, 0.2) is 16.7 Å². The van der Waals surface area contributed by atoms with Crippen LogP contribution in [0.1, 0.15) is 40.3 Å². The van der Waals surface area contributed by atoms with Gasteiger partial charge in [0.2, 0.25) is 5.78 Å². The highest BCUT2D eigenvalue weighted by Gasteiger charge is 2.26. The summed E-state index contributed by atoms with van der Waals surface area (Å²) in [6, 6.07) is 4.06. The molecule has 1 aliphatic carbocycles. The summed E-state index contributed by atoms with van der Waals surface area (Å²) in [5.74, 6) is 1.44. The molecule has 1 unspecified atom stereocenters. The minimum atomic E-state index is 0.0105. The van der Waals surface area contributed by atoms with E-state index in [4.69, 9.17) is 4.52 Å². The van der Waals surface area contributed by atoms with Crippen LogP contribution in [-0.4, -0.2) is 47.6 Å². The van der Waals surface area contributed by atoms with Crippen molar-refractivity contribution in [3.8, 4) is 5.82 Å². The Morgan fingerprint density at radius 2 is 2.00 bits per heavy atom. The van der Waals surface area contributed by atoms with E-state index < -0.39 is 0 Å². The minimum absolute atomic E-state index is 0.0105. The fraction of sp³-hybridized carbons (Fsp3) is 0.500. The van der Waals surface area contributed by atoms with Crippen molar-refractivity contribution in [1.82, 2.24) is 15.0 Å². The van der Waals surface area contributed by atoms with E-state index in [-0.39, 0.29) is 18.2 Å². The first-order chi connectivity index (χ1) is 11.8. The molecule has 3 rings (SSSR count). The molecule has 134 valence electrons. The first-order valence-corrected chi connectivity index (χ1v) is 8.61. The van der Waals surface area contributed by atoms with Crippen molar-refractivity contribution < 1.29 is 19.0 Å². The lowest BCUT2D eigenvalue weighted by atomic mass is 10.1. The van der Waals surface area contributed by atoms with Gasteiger partial charge in [0.05, 0.1) is 7.05 Å². The average Bonchev–Trinajstić information content (AvgIpc) is 3.14. The molecule has 2 aromatic heterocycles. The first-order valence-electron chi connectivity index (χ1n) is 8.61. The Labute approximate surface area is 147 Å². The molecule has 0 bridgehead atoms. The second-order valence-corrected chi connectivity index (χ2v) is 6.99. The predicted octanol–water partition coefficient (Wildman–Crippen LogP) is 0.367. The van der Waals surface area contributed by atoms with Crippen LogP contribution in [0.2, 0.25) is 0 Å². The first kappa shape index (κ1) is 17.4. The number of rotatable bonds is 7. The Bertz CT molecular complexity index is 801. The molecule has 1 saturated carbocycles. The summed E-state index contributed by atoms with van der Waals surface area (Å²) in [7, 11) is 1.87. The number of aromatic nitrogens is 2. The molecular weight excluding hydrogens is 320 g/mol. The molecule has 2 aromatic rings. The number of quaternary nitrogens is 1. The van der Waals surface area contributed by atoms with Gasteiger partial charge in [0.25, 0.3) is 5.91 Å². The van der Waals surface area contributed by atoms with Crippen molar-refractivity contribution in [3.05, 3.63) is 34.8 Å². The molecule has 0 aromatic carbocycles. The number of nitrogens with one attached hydrogen (secondary N) is 2. The minimum Gasteiger partial charge on any atom is -0.360 e. The van der Waals surface area contributed by atoms with Crippen molar-refractivity contribution in [2.75, 3.05) is 20.1 Å². The third kappa shape index (κ3) is 3.99. The summed E-state index contributed by atoms with van der Waals surface area (Å²) < 4.78 is 7.05. The van der Waals surface area contributed by atoms with Gasteiger partial charge in [-0.15, -0.1) is 0 Å². The lowest BCUT2D eigenvalue weighted by molar-refractivity contribution is -0.862. The van der Waals surface area contributed by atoms with Crippen LogP contribution < -0.4 is 10.2 Å². The second-order valence-electron chi connectivity index (χ2n) is 6.99. The number of Topliss-reactive ketones (excluding diaryl/α,β-unsaturated/α-hetero) is 1. The lowest BCUT2D eigenvalue weighted by Gasteiger charge is -2.13. The number of aryl methyl sites for hydroxylation is 2. The highest BCUT2D eigenvalue weighted by Crippen LogP contribution is 2.21. The van der Waals surface area contributed by atoms with E-state index in [0.717, 1.165) is 34.9 Å². The van der Waals surface area contributed by atoms with Gasteiger partial charge in [-0.25, -0.2) is 0 Å². The standard InChI is InChI=1S/C18H24N4O3/c1-11-7-15(13(3)22(11)17-8-12(2)25-20-17)16(23)9-21(4)10-18(24)19-14-5-6-14/h7-8,14H,5-6,9-10H2,1-4H3,(H,19,24)/p+1. The van der Waals surface area contributed by atoms with Crippen molar-refractivity contribution in [3.63, 3.8) is 0 Å². The third-order valence-corrected chi connectivity index (χ3v) is 4.44.